The Morgan fingerprint density at radius 2 is 1.83 bits per heavy atom. The quantitative estimate of drug-likeness (QED) is 0.370. The number of halogens is 1. The van der Waals surface area contributed by atoms with Crippen molar-refractivity contribution in [2.45, 2.75) is 5.16 Å². The van der Waals surface area contributed by atoms with Gasteiger partial charge < -0.3 is 0 Å². The molecule has 2 aromatic rings. The number of benzene rings is 1. The first kappa shape index (κ1) is 12.8. The molecular formula is C13H9ClN2OS. The molecule has 0 spiro atoms. The monoisotopic (exact) mass is 276 g/mol. The van der Waals surface area contributed by atoms with E-state index in [1.54, 1.807) is 48.1 Å². The first-order valence-electron chi connectivity index (χ1n) is 5.16. The van der Waals surface area contributed by atoms with Gasteiger partial charge in [-0.1, -0.05) is 23.4 Å². The first-order valence-corrected chi connectivity index (χ1v) is 6.41. The fraction of sp³-hybridized carbons (Fsp3) is 0. The van der Waals surface area contributed by atoms with Crippen molar-refractivity contribution < 1.29 is 4.79 Å². The van der Waals surface area contributed by atoms with Crippen molar-refractivity contribution in [3.63, 3.8) is 0 Å². The third-order valence-corrected chi connectivity index (χ3v) is 3.01. The Morgan fingerprint density at radius 1 is 1.17 bits per heavy atom. The summed E-state index contributed by atoms with van der Waals surface area (Å²) in [7, 11) is 0. The van der Waals surface area contributed by atoms with Crippen molar-refractivity contribution in [2.24, 2.45) is 0 Å². The van der Waals surface area contributed by atoms with E-state index in [0.717, 1.165) is 0 Å². The maximum absolute atomic E-state index is 11.8. The topological polar surface area (TPSA) is 42.9 Å². The Morgan fingerprint density at radius 3 is 2.50 bits per heavy atom. The summed E-state index contributed by atoms with van der Waals surface area (Å²) in [6.45, 7) is 0. The molecule has 0 bridgehead atoms. The van der Waals surface area contributed by atoms with Gasteiger partial charge in [-0.05, 0) is 41.8 Å². The number of nitrogens with zero attached hydrogens (tertiary/aromatic N) is 2. The molecule has 0 fully saturated rings. The van der Waals surface area contributed by atoms with Gasteiger partial charge in [-0.2, -0.15) is 0 Å². The molecule has 3 nitrogen and oxygen atoms in total. The number of hydrogen-bond acceptors (Lipinski definition) is 4. The minimum absolute atomic E-state index is 0.0740. The van der Waals surface area contributed by atoms with Gasteiger partial charge in [-0.15, -0.1) is 0 Å². The number of rotatable bonds is 4. The standard InChI is InChI=1S/C13H9ClN2OS/c14-11-4-2-10(3-5-11)12(17)6-9-18-13-15-7-1-8-16-13/h1-9H. The van der Waals surface area contributed by atoms with Gasteiger partial charge >= 0.3 is 0 Å². The lowest BCUT2D eigenvalue weighted by Gasteiger charge is -1.95. The highest BCUT2D eigenvalue weighted by atomic mass is 35.5. The fourth-order valence-electron chi connectivity index (χ4n) is 1.21. The van der Waals surface area contributed by atoms with E-state index in [1.165, 1.54) is 17.8 Å². The fourth-order valence-corrected chi connectivity index (χ4v) is 1.90. The van der Waals surface area contributed by atoms with Crippen LogP contribution in [0.2, 0.25) is 5.02 Å². The third kappa shape index (κ3) is 3.68. The van der Waals surface area contributed by atoms with Gasteiger partial charge in [0.15, 0.2) is 10.9 Å². The Kier molecular flexibility index (Phi) is 4.50. The van der Waals surface area contributed by atoms with E-state index in [2.05, 4.69) is 9.97 Å². The number of carbonyl (C=O) groups is 1. The molecule has 0 saturated carbocycles. The Labute approximate surface area is 114 Å². The van der Waals surface area contributed by atoms with E-state index in [-0.39, 0.29) is 5.78 Å². The van der Waals surface area contributed by atoms with Gasteiger partial charge in [0.1, 0.15) is 0 Å². The predicted octanol–water partition coefficient (Wildman–Crippen LogP) is 3.62. The van der Waals surface area contributed by atoms with Crippen molar-refractivity contribution in [3.05, 3.63) is 64.8 Å². The Bertz CT molecular complexity index is 555. The van der Waals surface area contributed by atoms with Crippen molar-refractivity contribution >= 4 is 29.1 Å². The van der Waals surface area contributed by atoms with Gasteiger partial charge in [0.2, 0.25) is 0 Å². The van der Waals surface area contributed by atoms with Crippen LogP contribution in [0.4, 0.5) is 0 Å². The van der Waals surface area contributed by atoms with E-state index in [9.17, 15) is 4.79 Å². The molecular weight excluding hydrogens is 268 g/mol. The zero-order valence-electron chi connectivity index (χ0n) is 9.29. The average molecular weight is 277 g/mol. The molecule has 0 N–H and O–H groups in total. The van der Waals surface area contributed by atoms with Crippen LogP contribution in [0.15, 0.2) is 59.4 Å². The second-order valence-electron chi connectivity index (χ2n) is 3.32. The molecule has 0 aliphatic rings. The molecule has 0 atom stereocenters. The van der Waals surface area contributed by atoms with Crippen molar-refractivity contribution in [1.82, 2.24) is 9.97 Å². The third-order valence-electron chi connectivity index (χ3n) is 2.06. The van der Waals surface area contributed by atoms with E-state index >= 15 is 0 Å². The van der Waals surface area contributed by atoms with Crippen LogP contribution in [0.1, 0.15) is 10.4 Å². The molecule has 18 heavy (non-hydrogen) atoms. The highest BCUT2D eigenvalue weighted by Gasteiger charge is 2.01. The van der Waals surface area contributed by atoms with Gasteiger partial charge in [-0.25, -0.2) is 9.97 Å². The van der Waals surface area contributed by atoms with E-state index < -0.39 is 0 Å². The lowest BCUT2D eigenvalue weighted by Crippen LogP contribution is -1.92. The summed E-state index contributed by atoms with van der Waals surface area (Å²) in [4.78, 5) is 19.8. The Balaban J connectivity index is 1.97. The van der Waals surface area contributed by atoms with Gasteiger partial charge in [-0.3, -0.25) is 4.79 Å². The lowest BCUT2D eigenvalue weighted by atomic mass is 10.1. The van der Waals surface area contributed by atoms with Crippen molar-refractivity contribution in [2.75, 3.05) is 0 Å². The van der Waals surface area contributed by atoms with Gasteiger partial charge in [0.25, 0.3) is 0 Å². The van der Waals surface area contributed by atoms with E-state index in [4.69, 9.17) is 11.6 Å². The van der Waals surface area contributed by atoms with Crippen LogP contribution in [0.25, 0.3) is 0 Å². The predicted molar refractivity (Wildman–Crippen MR) is 72.8 cm³/mol. The molecule has 1 aromatic carbocycles. The molecule has 0 aliphatic carbocycles. The average Bonchev–Trinajstić information content (AvgIpc) is 2.40. The van der Waals surface area contributed by atoms with Crippen LogP contribution in [0.3, 0.4) is 0 Å². The number of ketones is 1. The van der Waals surface area contributed by atoms with Crippen LogP contribution in [-0.4, -0.2) is 15.8 Å². The Hall–Kier alpha value is -1.65. The van der Waals surface area contributed by atoms with E-state index in [0.29, 0.717) is 15.7 Å². The molecule has 2 rings (SSSR count). The lowest BCUT2D eigenvalue weighted by molar-refractivity contribution is 0.104. The maximum Gasteiger partial charge on any atom is 0.191 e. The largest absolute Gasteiger partial charge is 0.289 e. The molecule has 0 saturated heterocycles. The number of allylic oxidation sites excluding steroid dienone is 1. The summed E-state index contributed by atoms with van der Waals surface area (Å²) in [5, 5.41) is 2.90. The second kappa shape index (κ2) is 6.33. The highest BCUT2D eigenvalue weighted by Crippen LogP contribution is 2.14. The van der Waals surface area contributed by atoms with Crippen LogP contribution < -0.4 is 0 Å². The van der Waals surface area contributed by atoms with Crippen LogP contribution >= 0.6 is 23.4 Å². The zero-order chi connectivity index (χ0) is 12.8. The van der Waals surface area contributed by atoms with Gasteiger partial charge in [0, 0.05) is 23.0 Å². The normalized spacial score (nSPS) is 10.7. The van der Waals surface area contributed by atoms with Gasteiger partial charge in [0.05, 0.1) is 0 Å². The molecule has 0 unspecified atom stereocenters. The van der Waals surface area contributed by atoms with Crippen molar-refractivity contribution in [3.8, 4) is 0 Å². The summed E-state index contributed by atoms with van der Waals surface area (Å²) >= 11 is 7.05. The molecule has 0 radical (unpaired) electrons. The maximum atomic E-state index is 11.8. The van der Waals surface area contributed by atoms with Crippen molar-refractivity contribution in [1.29, 1.82) is 0 Å². The molecule has 0 amide bonds. The van der Waals surface area contributed by atoms with E-state index in [1.807, 2.05) is 0 Å². The molecule has 1 heterocycles. The summed E-state index contributed by atoms with van der Waals surface area (Å²) in [6.07, 6.45) is 4.80. The number of hydrogen-bond donors (Lipinski definition) is 0. The summed E-state index contributed by atoms with van der Waals surface area (Å²) in [5.74, 6) is -0.0740. The minimum Gasteiger partial charge on any atom is -0.289 e. The second-order valence-corrected chi connectivity index (χ2v) is 4.63. The van der Waals surface area contributed by atoms with Crippen LogP contribution in [-0.2, 0) is 0 Å². The summed E-state index contributed by atoms with van der Waals surface area (Å²) < 4.78 is 0. The summed E-state index contributed by atoms with van der Waals surface area (Å²) in [6, 6.07) is 8.51. The molecule has 1 aromatic heterocycles. The SMILES string of the molecule is O=C(C=CSc1ncccn1)c1ccc(Cl)cc1. The minimum atomic E-state index is -0.0740. The van der Waals surface area contributed by atoms with Crippen LogP contribution in [0.5, 0.6) is 0 Å². The molecule has 5 heteroatoms. The smallest absolute Gasteiger partial charge is 0.191 e. The zero-order valence-corrected chi connectivity index (χ0v) is 10.9. The molecule has 90 valence electrons. The number of thioether (sulfide) groups is 1. The molecule has 0 aliphatic heterocycles. The number of aromatic nitrogens is 2. The number of carbonyl (C=O) groups excluding carboxylic acids is 1. The highest BCUT2D eigenvalue weighted by molar-refractivity contribution is 8.02. The summed E-state index contributed by atoms with van der Waals surface area (Å²) in [5.41, 5.74) is 0.602. The first-order chi connectivity index (χ1) is 8.75. The van der Waals surface area contributed by atoms with Crippen LogP contribution in [0, 0.1) is 0 Å².